The third kappa shape index (κ3) is 2.16. The molecule has 0 fully saturated rings. The van der Waals surface area contributed by atoms with E-state index >= 15 is 0 Å². The average molecular weight is 223 g/mol. The van der Waals surface area contributed by atoms with E-state index in [0.29, 0.717) is 18.1 Å². The molecular formula is C10H11ClN4. The van der Waals surface area contributed by atoms with E-state index in [1.165, 1.54) is 0 Å². The van der Waals surface area contributed by atoms with Gasteiger partial charge in [0.1, 0.15) is 5.82 Å². The summed E-state index contributed by atoms with van der Waals surface area (Å²) in [6.45, 7) is 0.550. The maximum atomic E-state index is 5.96. The molecule has 2 aromatic heterocycles. The monoisotopic (exact) mass is 222 g/mol. The minimum absolute atomic E-state index is 0.485. The quantitative estimate of drug-likeness (QED) is 0.830. The van der Waals surface area contributed by atoms with E-state index in [2.05, 4.69) is 15.0 Å². The number of H-pyrrole nitrogens is 1. The van der Waals surface area contributed by atoms with Gasteiger partial charge in [-0.05, 0) is 18.7 Å². The number of nitrogens with zero attached hydrogens (tertiary/aromatic N) is 2. The van der Waals surface area contributed by atoms with E-state index in [-0.39, 0.29) is 0 Å². The summed E-state index contributed by atoms with van der Waals surface area (Å²) in [7, 11) is 0. The lowest BCUT2D eigenvalue weighted by atomic mass is 10.3. The first-order valence-electron chi connectivity index (χ1n) is 4.66. The van der Waals surface area contributed by atoms with Crippen LogP contribution in [0.15, 0.2) is 24.5 Å². The molecule has 0 aliphatic heterocycles. The molecule has 0 atom stereocenters. The first-order chi connectivity index (χ1) is 7.31. The molecule has 0 spiro atoms. The number of nitrogens with one attached hydrogen (secondary N) is 1. The van der Waals surface area contributed by atoms with Crippen LogP contribution in [0.3, 0.4) is 0 Å². The van der Waals surface area contributed by atoms with Gasteiger partial charge in [-0.25, -0.2) is 4.98 Å². The lowest BCUT2D eigenvalue weighted by molar-refractivity contribution is 0.936. The van der Waals surface area contributed by atoms with E-state index in [1.54, 1.807) is 12.4 Å². The van der Waals surface area contributed by atoms with Crippen LogP contribution in [0.2, 0.25) is 5.15 Å². The number of aromatic nitrogens is 3. The summed E-state index contributed by atoms with van der Waals surface area (Å²) < 4.78 is 0. The van der Waals surface area contributed by atoms with Gasteiger partial charge in [0.15, 0.2) is 5.15 Å². The molecule has 78 valence electrons. The smallest absolute Gasteiger partial charge is 0.150 e. The van der Waals surface area contributed by atoms with Crippen molar-refractivity contribution in [1.29, 1.82) is 0 Å². The Morgan fingerprint density at radius 3 is 3.00 bits per heavy atom. The molecule has 0 radical (unpaired) electrons. The SMILES string of the molecule is NCCc1[nH]c(-c2cccnc2)nc1Cl. The molecule has 0 bridgehead atoms. The van der Waals surface area contributed by atoms with Crippen LogP contribution in [0, 0.1) is 0 Å². The number of hydrogen-bond donors (Lipinski definition) is 2. The number of nitrogens with two attached hydrogens (primary N) is 1. The summed E-state index contributed by atoms with van der Waals surface area (Å²) in [6, 6.07) is 3.78. The Balaban J connectivity index is 2.34. The zero-order valence-corrected chi connectivity index (χ0v) is 8.83. The van der Waals surface area contributed by atoms with Crippen LogP contribution >= 0.6 is 11.6 Å². The number of imidazole rings is 1. The molecule has 0 saturated carbocycles. The van der Waals surface area contributed by atoms with E-state index in [1.807, 2.05) is 12.1 Å². The van der Waals surface area contributed by atoms with Gasteiger partial charge >= 0.3 is 0 Å². The first kappa shape index (κ1) is 10.1. The van der Waals surface area contributed by atoms with Crippen molar-refractivity contribution in [2.24, 2.45) is 5.73 Å². The zero-order chi connectivity index (χ0) is 10.7. The summed E-state index contributed by atoms with van der Waals surface area (Å²) in [5, 5.41) is 0.485. The minimum atomic E-state index is 0.485. The van der Waals surface area contributed by atoms with Crippen molar-refractivity contribution in [3.63, 3.8) is 0 Å². The highest BCUT2D eigenvalue weighted by molar-refractivity contribution is 6.30. The molecule has 0 aliphatic rings. The molecule has 4 nitrogen and oxygen atoms in total. The molecule has 5 heteroatoms. The highest BCUT2D eigenvalue weighted by Crippen LogP contribution is 2.20. The third-order valence-corrected chi connectivity index (χ3v) is 2.37. The second kappa shape index (κ2) is 4.42. The summed E-state index contributed by atoms with van der Waals surface area (Å²) in [4.78, 5) is 11.4. The number of halogens is 1. The number of pyridine rings is 1. The average Bonchev–Trinajstić information content (AvgIpc) is 2.63. The Labute approximate surface area is 92.5 Å². The summed E-state index contributed by atoms with van der Waals surface area (Å²) in [6.07, 6.45) is 4.16. The maximum Gasteiger partial charge on any atom is 0.150 e. The standard InChI is InChI=1S/C10H11ClN4/c11-9-8(3-4-12)14-10(15-9)7-2-1-5-13-6-7/h1-2,5-6H,3-4,12H2,(H,14,15). The van der Waals surface area contributed by atoms with Crippen LogP contribution in [0.5, 0.6) is 0 Å². The molecule has 0 aliphatic carbocycles. The van der Waals surface area contributed by atoms with Crippen LogP contribution in [0.4, 0.5) is 0 Å². The third-order valence-electron chi connectivity index (χ3n) is 2.06. The van der Waals surface area contributed by atoms with Crippen LogP contribution in [0.1, 0.15) is 5.69 Å². The lowest BCUT2D eigenvalue weighted by Gasteiger charge is -1.94. The van der Waals surface area contributed by atoms with Crippen LogP contribution < -0.4 is 5.73 Å². The largest absolute Gasteiger partial charge is 0.340 e. The molecule has 3 N–H and O–H groups in total. The molecule has 15 heavy (non-hydrogen) atoms. The molecule has 0 amide bonds. The van der Waals surface area contributed by atoms with Crippen LogP contribution in [0.25, 0.3) is 11.4 Å². The molecule has 2 aromatic rings. The normalized spacial score (nSPS) is 10.5. The summed E-state index contributed by atoms with van der Waals surface area (Å²) in [5.74, 6) is 0.733. The van der Waals surface area contributed by atoms with E-state index in [0.717, 1.165) is 17.1 Å². The van der Waals surface area contributed by atoms with Crippen molar-refractivity contribution in [1.82, 2.24) is 15.0 Å². The second-order valence-electron chi connectivity index (χ2n) is 3.14. The first-order valence-corrected chi connectivity index (χ1v) is 5.04. The Morgan fingerprint density at radius 2 is 2.33 bits per heavy atom. The van der Waals surface area contributed by atoms with Gasteiger partial charge in [-0.3, -0.25) is 4.98 Å². The number of rotatable bonds is 3. The van der Waals surface area contributed by atoms with Crippen LogP contribution in [-0.4, -0.2) is 21.5 Å². The van der Waals surface area contributed by atoms with Gasteiger partial charge in [-0.2, -0.15) is 0 Å². The fourth-order valence-corrected chi connectivity index (χ4v) is 1.56. The molecule has 2 rings (SSSR count). The number of hydrogen-bond acceptors (Lipinski definition) is 3. The zero-order valence-electron chi connectivity index (χ0n) is 8.07. The molecular weight excluding hydrogens is 212 g/mol. The van der Waals surface area contributed by atoms with Crippen molar-refractivity contribution in [2.75, 3.05) is 6.54 Å². The van der Waals surface area contributed by atoms with E-state index < -0.39 is 0 Å². The molecule has 0 saturated heterocycles. The predicted molar refractivity (Wildman–Crippen MR) is 59.6 cm³/mol. The fraction of sp³-hybridized carbons (Fsp3) is 0.200. The predicted octanol–water partition coefficient (Wildman–Crippen LogP) is 1.63. The van der Waals surface area contributed by atoms with E-state index in [4.69, 9.17) is 17.3 Å². The van der Waals surface area contributed by atoms with Crippen molar-refractivity contribution in [2.45, 2.75) is 6.42 Å². The fourth-order valence-electron chi connectivity index (χ4n) is 1.34. The molecule has 2 heterocycles. The van der Waals surface area contributed by atoms with Crippen molar-refractivity contribution >= 4 is 11.6 Å². The van der Waals surface area contributed by atoms with Crippen LogP contribution in [-0.2, 0) is 6.42 Å². The molecule has 0 aromatic carbocycles. The highest BCUT2D eigenvalue weighted by atomic mass is 35.5. The van der Waals surface area contributed by atoms with Gasteiger partial charge in [-0.15, -0.1) is 0 Å². The topological polar surface area (TPSA) is 67.6 Å². The van der Waals surface area contributed by atoms with Crippen molar-refractivity contribution in [3.05, 3.63) is 35.4 Å². The Hall–Kier alpha value is -1.39. The Kier molecular flexibility index (Phi) is 2.99. The van der Waals surface area contributed by atoms with Crippen molar-refractivity contribution in [3.8, 4) is 11.4 Å². The maximum absolute atomic E-state index is 5.96. The highest BCUT2D eigenvalue weighted by Gasteiger charge is 2.08. The summed E-state index contributed by atoms with van der Waals surface area (Å²) >= 11 is 5.96. The van der Waals surface area contributed by atoms with Gasteiger partial charge in [0.05, 0.1) is 5.69 Å². The molecule has 0 unspecified atom stereocenters. The van der Waals surface area contributed by atoms with Gasteiger partial charge in [0, 0.05) is 24.4 Å². The Morgan fingerprint density at radius 1 is 1.47 bits per heavy atom. The summed E-state index contributed by atoms with van der Waals surface area (Å²) in [5.41, 5.74) is 7.25. The van der Waals surface area contributed by atoms with Gasteiger partial charge in [0.2, 0.25) is 0 Å². The van der Waals surface area contributed by atoms with Gasteiger partial charge in [0.25, 0.3) is 0 Å². The number of aromatic amines is 1. The minimum Gasteiger partial charge on any atom is -0.340 e. The van der Waals surface area contributed by atoms with E-state index in [9.17, 15) is 0 Å². The van der Waals surface area contributed by atoms with Gasteiger partial charge in [-0.1, -0.05) is 11.6 Å². The van der Waals surface area contributed by atoms with Crippen molar-refractivity contribution < 1.29 is 0 Å². The Bertz CT molecular complexity index is 438. The van der Waals surface area contributed by atoms with Gasteiger partial charge < -0.3 is 10.7 Å². The lowest BCUT2D eigenvalue weighted by Crippen LogP contribution is -2.03. The second-order valence-corrected chi connectivity index (χ2v) is 3.49.